The minimum atomic E-state index is -0.0848. The maximum atomic E-state index is 11.4. The number of hydrogen-bond acceptors (Lipinski definition) is 1. The molecule has 1 nitrogen and oxygen atoms in total. The molecule has 0 saturated heterocycles. The summed E-state index contributed by atoms with van der Waals surface area (Å²) in [5.74, 6) is 0.0788. The maximum Gasteiger partial charge on any atom is 0.137 e. The zero-order chi connectivity index (χ0) is 11.4. The smallest absolute Gasteiger partial charge is 0.137 e. The van der Waals surface area contributed by atoms with Gasteiger partial charge in [-0.1, -0.05) is 29.8 Å². The van der Waals surface area contributed by atoms with E-state index in [1.165, 1.54) is 0 Å². The molecule has 1 aromatic carbocycles. The molecule has 0 amide bonds. The molecular formula is C13H15ClO. The van der Waals surface area contributed by atoms with Crippen LogP contribution in [0.5, 0.6) is 0 Å². The average Bonchev–Trinajstić information content (AvgIpc) is 2.18. The normalized spacial score (nSPS) is 12.2. The van der Waals surface area contributed by atoms with E-state index in [0.29, 0.717) is 6.42 Å². The van der Waals surface area contributed by atoms with Crippen molar-refractivity contribution in [2.45, 2.75) is 26.2 Å². The van der Waals surface area contributed by atoms with Crippen molar-refractivity contribution in [3.8, 4) is 0 Å². The fraction of sp³-hybridized carbons (Fsp3) is 0.308. The number of Topliss-reactive ketones (excluding diaryl/α,β-unsaturated/α-hetero) is 1. The molecule has 0 fully saturated rings. The first-order valence-corrected chi connectivity index (χ1v) is 5.31. The SMILES string of the molecule is C=CCC(C(C)=O)c1ccc(Cl)c(C)c1. The lowest BCUT2D eigenvalue weighted by molar-refractivity contribution is -0.118. The molecule has 1 aromatic rings. The van der Waals surface area contributed by atoms with Gasteiger partial charge in [0, 0.05) is 10.9 Å². The van der Waals surface area contributed by atoms with Gasteiger partial charge in [0.2, 0.25) is 0 Å². The average molecular weight is 223 g/mol. The van der Waals surface area contributed by atoms with Gasteiger partial charge >= 0.3 is 0 Å². The lowest BCUT2D eigenvalue weighted by Gasteiger charge is -2.13. The quantitative estimate of drug-likeness (QED) is 0.707. The van der Waals surface area contributed by atoms with Gasteiger partial charge in [-0.2, -0.15) is 0 Å². The highest BCUT2D eigenvalue weighted by Gasteiger charge is 2.15. The summed E-state index contributed by atoms with van der Waals surface area (Å²) in [5.41, 5.74) is 2.02. The van der Waals surface area contributed by atoms with Crippen molar-refractivity contribution in [2.24, 2.45) is 0 Å². The Kier molecular flexibility index (Phi) is 4.10. The number of carbonyl (C=O) groups is 1. The second-order valence-electron chi connectivity index (χ2n) is 3.70. The number of ketones is 1. The number of halogens is 1. The largest absolute Gasteiger partial charge is 0.299 e. The van der Waals surface area contributed by atoms with Crippen molar-refractivity contribution in [3.63, 3.8) is 0 Å². The van der Waals surface area contributed by atoms with Crippen LogP contribution in [-0.4, -0.2) is 5.78 Å². The minimum Gasteiger partial charge on any atom is -0.299 e. The van der Waals surface area contributed by atoms with Crippen LogP contribution in [0.25, 0.3) is 0 Å². The molecule has 1 atom stereocenters. The number of benzene rings is 1. The molecule has 0 aliphatic carbocycles. The van der Waals surface area contributed by atoms with Crippen LogP contribution >= 0.6 is 11.6 Å². The van der Waals surface area contributed by atoms with Crippen molar-refractivity contribution in [1.82, 2.24) is 0 Å². The lowest BCUT2D eigenvalue weighted by Crippen LogP contribution is -2.08. The maximum absolute atomic E-state index is 11.4. The summed E-state index contributed by atoms with van der Waals surface area (Å²) in [6.07, 6.45) is 2.45. The first kappa shape index (κ1) is 12.0. The van der Waals surface area contributed by atoms with E-state index in [1.54, 1.807) is 13.0 Å². The van der Waals surface area contributed by atoms with Gasteiger partial charge in [-0.25, -0.2) is 0 Å². The number of allylic oxidation sites excluding steroid dienone is 1. The van der Waals surface area contributed by atoms with Crippen LogP contribution in [0.4, 0.5) is 0 Å². The zero-order valence-electron chi connectivity index (χ0n) is 9.09. The van der Waals surface area contributed by atoms with E-state index in [1.807, 2.05) is 25.1 Å². The van der Waals surface area contributed by atoms with Gasteiger partial charge in [0.1, 0.15) is 5.78 Å². The molecule has 1 unspecified atom stereocenters. The molecule has 2 heteroatoms. The Hall–Kier alpha value is -1.08. The Morgan fingerprint density at radius 2 is 2.27 bits per heavy atom. The monoisotopic (exact) mass is 222 g/mol. The van der Waals surface area contributed by atoms with Crippen LogP contribution in [0.2, 0.25) is 5.02 Å². The lowest BCUT2D eigenvalue weighted by atomic mass is 9.91. The van der Waals surface area contributed by atoms with E-state index >= 15 is 0 Å². The molecule has 0 saturated carbocycles. The van der Waals surface area contributed by atoms with Gasteiger partial charge in [-0.15, -0.1) is 6.58 Å². The van der Waals surface area contributed by atoms with Gasteiger partial charge in [-0.05, 0) is 37.5 Å². The topological polar surface area (TPSA) is 17.1 Å². The molecule has 0 aliphatic heterocycles. The van der Waals surface area contributed by atoms with Gasteiger partial charge < -0.3 is 0 Å². The molecule has 0 aliphatic rings. The van der Waals surface area contributed by atoms with Crippen LogP contribution in [0, 0.1) is 6.92 Å². The predicted octanol–water partition coefficient (Wildman–Crippen LogP) is 3.90. The Morgan fingerprint density at radius 1 is 1.60 bits per heavy atom. The molecule has 15 heavy (non-hydrogen) atoms. The third-order valence-electron chi connectivity index (χ3n) is 2.48. The van der Waals surface area contributed by atoms with Crippen LogP contribution in [0.1, 0.15) is 30.4 Å². The summed E-state index contributed by atoms with van der Waals surface area (Å²) in [6.45, 7) is 7.22. The summed E-state index contributed by atoms with van der Waals surface area (Å²) in [4.78, 5) is 11.4. The first-order chi connectivity index (χ1) is 7.06. The minimum absolute atomic E-state index is 0.0848. The molecule has 0 heterocycles. The van der Waals surface area contributed by atoms with Crippen LogP contribution < -0.4 is 0 Å². The van der Waals surface area contributed by atoms with Crippen LogP contribution in [-0.2, 0) is 4.79 Å². The predicted molar refractivity (Wildman–Crippen MR) is 64.4 cm³/mol. The molecule has 1 rings (SSSR count). The highest BCUT2D eigenvalue weighted by molar-refractivity contribution is 6.31. The molecule has 0 spiro atoms. The first-order valence-electron chi connectivity index (χ1n) is 4.93. The van der Waals surface area contributed by atoms with Crippen molar-refractivity contribution in [3.05, 3.63) is 47.0 Å². The van der Waals surface area contributed by atoms with E-state index in [9.17, 15) is 4.79 Å². The Balaban J connectivity index is 3.06. The number of hydrogen-bond donors (Lipinski definition) is 0. The highest BCUT2D eigenvalue weighted by atomic mass is 35.5. The highest BCUT2D eigenvalue weighted by Crippen LogP contribution is 2.25. The Morgan fingerprint density at radius 3 is 2.73 bits per heavy atom. The zero-order valence-corrected chi connectivity index (χ0v) is 9.84. The van der Waals surface area contributed by atoms with E-state index in [-0.39, 0.29) is 11.7 Å². The number of rotatable bonds is 4. The third-order valence-corrected chi connectivity index (χ3v) is 2.90. The van der Waals surface area contributed by atoms with E-state index in [2.05, 4.69) is 6.58 Å². The number of carbonyl (C=O) groups excluding carboxylic acids is 1. The second kappa shape index (κ2) is 5.13. The fourth-order valence-electron chi connectivity index (χ4n) is 1.59. The Bertz CT molecular complexity index is 382. The van der Waals surface area contributed by atoms with Gasteiger partial charge in [0.05, 0.1) is 0 Å². The van der Waals surface area contributed by atoms with Crippen molar-refractivity contribution in [2.75, 3.05) is 0 Å². The summed E-state index contributed by atoms with van der Waals surface area (Å²) < 4.78 is 0. The fourth-order valence-corrected chi connectivity index (χ4v) is 1.71. The van der Waals surface area contributed by atoms with Crippen molar-refractivity contribution in [1.29, 1.82) is 0 Å². The molecule has 0 bridgehead atoms. The third kappa shape index (κ3) is 2.93. The summed E-state index contributed by atoms with van der Waals surface area (Å²) in [6, 6.07) is 5.72. The van der Waals surface area contributed by atoms with Crippen LogP contribution in [0.15, 0.2) is 30.9 Å². The standard InChI is InChI=1S/C13H15ClO/c1-4-5-12(10(3)15)11-6-7-13(14)9(2)8-11/h4,6-8,12H,1,5H2,2-3H3. The number of aryl methyl sites for hydroxylation is 1. The van der Waals surface area contributed by atoms with Gasteiger partial charge in [0.25, 0.3) is 0 Å². The van der Waals surface area contributed by atoms with Crippen molar-refractivity contribution >= 4 is 17.4 Å². The summed E-state index contributed by atoms with van der Waals surface area (Å²) in [7, 11) is 0. The Labute approximate surface area is 95.8 Å². The summed E-state index contributed by atoms with van der Waals surface area (Å²) in [5, 5.41) is 0.736. The molecule has 0 aromatic heterocycles. The van der Waals surface area contributed by atoms with Gasteiger partial charge in [-0.3, -0.25) is 4.79 Å². The van der Waals surface area contributed by atoms with E-state index in [0.717, 1.165) is 16.1 Å². The second-order valence-corrected chi connectivity index (χ2v) is 4.10. The molecule has 0 radical (unpaired) electrons. The van der Waals surface area contributed by atoms with Crippen molar-refractivity contribution < 1.29 is 4.79 Å². The van der Waals surface area contributed by atoms with E-state index in [4.69, 9.17) is 11.6 Å². The summed E-state index contributed by atoms with van der Waals surface area (Å²) >= 11 is 5.94. The molecular weight excluding hydrogens is 208 g/mol. The van der Waals surface area contributed by atoms with Crippen LogP contribution in [0.3, 0.4) is 0 Å². The molecule has 80 valence electrons. The molecule has 0 N–H and O–H groups in total. The van der Waals surface area contributed by atoms with Gasteiger partial charge in [0.15, 0.2) is 0 Å². The van der Waals surface area contributed by atoms with E-state index < -0.39 is 0 Å².